The molecule has 3 amide bonds. The highest BCUT2D eigenvalue weighted by atomic mass is 19.3. The van der Waals surface area contributed by atoms with Crippen molar-refractivity contribution in [1.82, 2.24) is 10.3 Å². The zero-order chi connectivity index (χ0) is 47.8. The highest BCUT2D eigenvalue weighted by molar-refractivity contribution is 6.28. The number of carbonyl (C=O) groups excluding carboxylic acids is 4. The van der Waals surface area contributed by atoms with Gasteiger partial charge in [-0.25, -0.2) is 8.78 Å². The number of imide groups is 1. The number of amides is 3. The van der Waals surface area contributed by atoms with Gasteiger partial charge in [0.25, 0.3) is 12.3 Å². The summed E-state index contributed by atoms with van der Waals surface area (Å²) >= 11 is 0. The summed E-state index contributed by atoms with van der Waals surface area (Å²) in [5.41, 5.74) is 10.6. The SMILES string of the molecule is C/C(C=O)=C/c1c(N(C)C)cc(C2CCOCC2)cc1N1CCCc2cc(-c3ccc(C4CCN(c5ccc6c7c(cccc57)C(=O)N6C5CCC(=O)NC5=O)CC4)nc3)c(C(F)F)cc21.CC. The van der Waals surface area contributed by atoms with E-state index in [4.69, 9.17) is 9.72 Å². The molecule has 6 heterocycles. The molecule has 10 rings (SSSR count). The van der Waals surface area contributed by atoms with Gasteiger partial charge in [0.2, 0.25) is 11.8 Å². The first-order valence-corrected chi connectivity index (χ1v) is 24.2. The monoisotopic (exact) mass is 922 g/mol. The van der Waals surface area contributed by atoms with Crippen molar-refractivity contribution in [3.8, 4) is 11.1 Å². The molecule has 1 atom stereocenters. The number of halogens is 2. The van der Waals surface area contributed by atoms with Gasteiger partial charge in [0.15, 0.2) is 0 Å². The summed E-state index contributed by atoms with van der Waals surface area (Å²) in [5.74, 6) is -0.513. The van der Waals surface area contributed by atoms with E-state index in [9.17, 15) is 19.2 Å². The Hall–Kier alpha value is -6.47. The van der Waals surface area contributed by atoms with E-state index in [-0.39, 0.29) is 36.1 Å². The Kier molecular flexibility index (Phi) is 13.5. The number of alkyl halides is 2. The average Bonchev–Trinajstić information content (AvgIpc) is 3.65. The summed E-state index contributed by atoms with van der Waals surface area (Å²) in [6.45, 7) is 9.35. The van der Waals surface area contributed by atoms with Crippen LogP contribution < -0.4 is 24.9 Å². The first-order valence-electron chi connectivity index (χ1n) is 24.2. The number of pyridine rings is 1. The fraction of sp³-hybridized carbons (Fsp3) is 0.400. The van der Waals surface area contributed by atoms with Crippen molar-refractivity contribution in [1.29, 1.82) is 0 Å². The third kappa shape index (κ3) is 8.65. The van der Waals surface area contributed by atoms with Crippen molar-refractivity contribution in [2.75, 3.05) is 66.5 Å². The maximum atomic E-state index is 15.3. The van der Waals surface area contributed by atoms with Crippen molar-refractivity contribution in [2.24, 2.45) is 0 Å². The van der Waals surface area contributed by atoms with E-state index in [1.165, 1.54) is 5.56 Å². The molecule has 0 spiro atoms. The second-order valence-corrected chi connectivity index (χ2v) is 18.6. The summed E-state index contributed by atoms with van der Waals surface area (Å²) in [6, 6.07) is 20.9. The lowest BCUT2D eigenvalue weighted by Crippen LogP contribution is -2.53. The van der Waals surface area contributed by atoms with Crippen molar-refractivity contribution in [3.05, 3.63) is 112 Å². The van der Waals surface area contributed by atoms with Gasteiger partial charge in [-0.1, -0.05) is 32.0 Å². The molecule has 11 nitrogen and oxygen atoms in total. The number of allylic oxidation sites excluding steroid dienone is 1. The lowest BCUT2D eigenvalue weighted by atomic mass is 9.87. The second-order valence-electron chi connectivity index (χ2n) is 18.6. The van der Waals surface area contributed by atoms with E-state index in [0.717, 1.165) is 108 Å². The van der Waals surface area contributed by atoms with Gasteiger partial charge in [-0.3, -0.25) is 34.4 Å². The second kappa shape index (κ2) is 19.6. The van der Waals surface area contributed by atoms with Crippen LogP contribution in [0.5, 0.6) is 0 Å². The molecule has 1 unspecified atom stereocenters. The van der Waals surface area contributed by atoms with Gasteiger partial charge in [0, 0.05) is 121 Å². The van der Waals surface area contributed by atoms with Crippen LogP contribution in [0.2, 0.25) is 0 Å². The summed E-state index contributed by atoms with van der Waals surface area (Å²) < 4.78 is 36.2. The lowest BCUT2D eigenvalue weighted by Gasteiger charge is -2.36. The molecule has 3 fully saturated rings. The fourth-order valence-electron chi connectivity index (χ4n) is 11.0. The normalized spacial score (nSPS) is 19.0. The summed E-state index contributed by atoms with van der Waals surface area (Å²) in [4.78, 5) is 63.4. The van der Waals surface area contributed by atoms with E-state index in [0.29, 0.717) is 53.6 Å². The van der Waals surface area contributed by atoms with E-state index in [1.807, 2.05) is 76.5 Å². The zero-order valence-electron chi connectivity index (χ0n) is 39.6. The van der Waals surface area contributed by atoms with Gasteiger partial charge in [-0.05, 0) is 135 Å². The molecule has 1 N–H and O–H groups in total. The number of aldehydes is 1. The molecule has 5 aliphatic rings. The van der Waals surface area contributed by atoms with Gasteiger partial charge >= 0.3 is 0 Å². The first-order chi connectivity index (χ1) is 33.0. The molecular formula is C55H60F2N6O5. The largest absolute Gasteiger partial charge is 0.381 e. The summed E-state index contributed by atoms with van der Waals surface area (Å²) in [7, 11) is 3.99. The van der Waals surface area contributed by atoms with Crippen LogP contribution >= 0.6 is 0 Å². The Morgan fingerprint density at radius 1 is 0.838 bits per heavy atom. The molecule has 1 aromatic heterocycles. The number of aromatic nitrogens is 1. The van der Waals surface area contributed by atoms with Crippen molar-refractivity contribution >= 4 is 69.3 Å². The Bertz CT molecular complexity index is 2790. The van der Waals surface area contributed by atoms with Crippen LogP contribution in [0.15, 0.2) is 78.5 Å². The zero-order valence-corrected chi connectivity index (χ0v) is 39.6. The maximum absolute atomic E-state index is 15.3. The number of aryl methyl sites for hydroxylation is 1. The number of piperidine rings is 2. The highest BCUT2D eigenvalue weighted by Crippen LogP contribution is 2.47. The number of carbonyl (C=O) groups is 4. The van der Waals surface area contributed by atoms with Crippen LogP contribution in [-0.4, -0.2) is 82.0 Å². The standard InChI is InChI=1S/C53H54F2N6O5.C2H6/c1-31(30-62)24-41-47(58(2)3)26-36(32-17-22-66-23-18-32)27-48(41)60-19-5-6-34-25-39(40(51(54)55)28-46(34)60)35-9-10-42(56-29-35)33-15-20-59(21-16-33)43-11-12-44-50-37(43)7-4-8-38(50)53(65)61(44)45-13-14-49(63)57-52(45)64;1-2/h4,7-12,24-30,32-33,45,51H,5-6,13-23H2,1-3H3,(H,57,63,64);1-2H3/b31-24-;. The summed E-state index contributed by atoms with van der Waals surface area (Å²) in [5, 5.41) is 4.17. The summed E-state index contributed by atoms with van der Waals surface area (Å²) in [6.07, 6.45) is 7.33. The maximum Gasteiger partial charge on any atom is 0.264 e. The van der Waals surface area contributed by atoms with Crippen molar-refractivity contribution in [3.63, 3.8) is 0 Å². The molecular weight excluding hydrogens is 863 g/mol. The minimum absolute atomic E-state index is 0.0367. The Morgan fingerprint density at radius 3 is 2.29 bits per heavy atom. The number of benzene rings is 4. The molecule has 13 heteroatoms. The Balaban J connectivity index is 0.00000285. The van der Waals surface area contributed by atoms with Crippen molar-refractivity contribution in [2.45, 2.75) is 96.4 Å². The molecule has 0 radical (unpaired) electrons. The van der Waals surface area contributed by atoms with E-state index < -0.39 is 18.4 Å². The number of hydrogen-bond donors (Lipinski definition) is 1. The lowest BCUT2D eigenvalue weighted by molar-refractivity contribution is -0.134. The number of anilines is 5. The fourth-order valence-corrected chi connectivity index (χ4v) is 11.0. The molecule has 0 aliphatic carbocycles. The van der Waals surface area contributed by atoms with E-state index in [2.05, 4.69) is 32.1 Å². The minimum atomic E-state index is -2.72. The minimum Gasteiger partial charge on any atom is -0.381 e. The van der Waals surface area contributed by atoms with Crippen LogP contribution in [0.25, 0.3) is 28.0 Å². The van der Waals surface area contributed by atoms with Gasteiger partial charge in [0.05, 0.1) is 11.4 Å². The van der Waals surface area contributed by atoms with Gasteiger partial charge in [-0.15, -0.1) is 0 Å². The number of ether oxygens (including phenoxy) is 1. The molecule has 0 saturated carbocycles. The predicted octanol–water partition coefficient (Wildman–Crippen LogP) is 10.7. The van der Waals surface area contributed by atoms with Gasteiger partial charge in [0.1, 0.15) is 12.3 Å². The van der Waals surface area contributed by atoms with Crippen molar-refractivity contribution < 1.29 is 32.7 Å². The molecule has 5 aliphatic heterocycles. The molecule has 0 bridgehead atoms. The molecule has 4 aromatic carbocycles. The van der Waals surface area contributed by atoms with Crippen LogP contribution in [0, 0.1) is 0 Å². The van der Waals surface area contributed by atoms with Gasteiger partial charge in [-0.2, -0.15) is 0 Å². The molecule has 354 valence electrons. The number of rotatable bonds is 10. The molecule has 3 saturated heterocycles. The van der Waals surface area contributed by atoms with Crippen LogP contribution in [-0.2, 0) is 25.5 Å². The Labute approximate surface area is 397 Å². The first kappa shape index (κ1) is 46.6. The van der Waals surface area contributed by atoms with Crippen LogP contribution in [0.4, 0.5) is 37.2 Å². The average molecular weight is 923 g/mol. The van der Waals surface area contributed by atoms with Gasteiger partial charge < -0.3 is 19.4 Å². The predicted molar refractivity (Wildman–Crippen MR) is 266 cm³/mol. The molecule has 5 aromatic rings. The Morgan fingerprint density at radius 2 is 1.60 bits per heavy atom. The quantitative estimate of drug-likeness (QED) is 0.0830. The van der Waals surface area contributed by atoms with Crippen LogP contribution in [0.1, 0.15) is 122 Å². The van der Waals surface area contributed by atoms with E-state index in [1.54, 1.807) is 30.2 Å². The smallest absolute Gasteiger partial charge is 0.264 e. The van der Waals surface area contributed by atoms with Crippen LogP contribution in [0.3, 0.4) is 0 Å². The highest BCUT2D eigenvalue weighted by Gasteiger charge is 2.41. The number of hydrogen-bond acceptors (Lipinski definition) is 9. The third-order valence-corrected chi connectivity index (χ3v) is 14.4. The molecule has 68 heavy (non-hydrogen) atoms. The topological polar surface area (TPSA) is 115 Å². The number of fused-ring (bicyclic) bond motifs is 1. The van der Waals surface area contributed by atoms with E-state index >= 15 is 8.78 Å². The third-order valence-electron chi connectivity index (χ3n) is 14.4. The number of nitrogens with one attached hydrogen (secondary N) is 1. The number of nitrogens with zero attached hydrogens (tertiary/aromatic N) is 5.